The number of amides is 1. The maximum atomic E-state index is 12.6. The SMILES string of the molecule is COC(=O)c1c(NC(=O)c2cc(C)nc(N(C)C)n2)c(C)nn1C. The summed E-state index contributed by atoms with van der Waals surface area (Å²) in [6.07, 6.45) is 0. The molecule has 0 saturated carbocycles. The Morgan fingerprint density at radius 3 is 2.50 bits per heavy atom. The van der Waals surface area contributed by atoms with Gasteiger partial charge < -0.3 is 15.0 Å². The minimum Gasteiger partial charge on any atom is -0.464 e. The molecule has 0 aliphatic carbocycles. The molecule has 0 fully saturated rings. The van der Waals surface area contributed by atoms with E-state index in [1.165, 1.54) is 11.8 Å². The zero-order chi connectivity index (χ0) is 18.0. The number of ether oxygens (including phenoxy) is 1. The van der Waals surface area contributed by atoms with E-state index in [0.717, 1.165) is 0 Å². The molecular formula is C15H20N6O3. The Morgan fingerprint density at radius 1 is 1.25 bits per heavy atom. The second kappa shape index (κ2) is 6.65. The van der Waals surface area contributed by atoms with Crippen LogP contribution in [0, 0.1) is 13.8 Å². The highest BCUT2D eigenvalue weighted by Crippen LogP contribution is 2.21. The van der Waals surface area contributed by atoms with Crippen molar-refractivity contribution in [2.24, 2.45) is 7.05 Å². The molecule has 0 aromatic carbocycles. The highest BCUT2D eigenvalue weighted by molar-refractivity contribution is 6.07. The topological polar surface area (TPSA) is 102 Å². The monoisotopic (exact) mass is 332 g/mol. The van der Waals surface area contributed by atoms with Crippen LogP contribution in [0.2, 0.25) is 0 Å². The fraction of sp³-hybridized carbons (Fsp3) is 0.400. The van der Waals surface area contributed by atoms with Crippen molar-refractivity contribution in [3.05, 3.63) is 28.8 Å². The van der Waals surface area contributed by atoms with Crippen LogP contribution < -0.4 is 10.2 Å². The third kappa shape index (κ3) is 3.34. The number of carbonyl (C=O) groups is 2. The standard InChI is InChI=1S/C15H20N6O3/c1-8-7-10(17-15(16-8)20(3)4)13(22)18-11-9(2)19-21(5)12(11)14(23)24-6/h7H,1-6H3,(H,18,22). The number of methoxy groups -OCH3 is 1. The lowest BCUT2D eigenvalue weighted by molar-refractivity contribution is 0.0589. The molecule has 2 rings (SSSR count). The molecule has 1 N–H and O–H groups in total. The van der Waals surface area contributed by atoms with Gasteiger partial charge in [-0.25, -0.2) is 14.8 Å². The number of hydrogen-bond donors (Lipinski definition) is 1. The summed E-state index contributed by atoms with van der Waals surface area (Å²) in [6.45, 7) is 3.47. The molecule has 0 aliphatic heterocycles. The second-order valence-corrected chi connectivity index (χ2v) is 5.47. The van der Waals surface area contributed by atoms with E-state index in [1.807, 2.05) is 0 Å². The van der Waals surface area contributed by atoms with Crippen molar-refractivity contribution >= 4 is 23.5 Å². The number of hydrogen-bond acceptors (Lipinski definition) is 7. The van der Waals surface area contributed by atoms with Crippen LogP contribution in [0.4, 0.5) is 11.6 Å². The first kappa shape index (κ1) is 17.4. The number of nitrogens with one attached hydrogen (secondary N) is 1. The van der Waals surface area contributed by atoms with Gasteiger partial charge in [0.1, 0.15) is 5.69 Å². The van der Waals surface area contributed by atoms with Crippen LogP contribution in [-0.2, 0) is 11.8 Å². The molecule has 2 heterocycles. The molecule has 9 nitrogen and oxygen atoms in total. The molecule has 0 atom stereocenters. The normalized spacial score (nSPS) is 10.4. The van der Waals surface area contributed by atoms with Crippen molar-refractivity contribution in [1.82, 2.24) is 19.7 Å². The summed E-state index contributed by atoms with van der Waals surface area (Å²) in [6, 6.07) is 1.58. The Labute approximate surface area is 139 Å². The third-order valence-corrected chi connectivity index (χ3v) is 3.31. The number of aromatic nitrogens is 4. The molecule has 2 aromatic rings. The molecule has 2 aromatic heterocycles. The molecule has 0 bridgehead atoms. The van der Waals surface area contributed by atoms with Gasteiger partial charge in [0.05, 0.1) is 18.5 Å². The predicted molar refractivity (Wildman–Crippen MR) is 88.3 cm³/mol. The van der Waals surface area contributed by atoms with Crippen molar-refractivity contribution in [1.29, 1.82) is 0 Å². The maximum absolute atomic E-state index is 12.6. The number of carbonyl (C=O) groups excluding carboxylic acids is 2. The number of rotatable bonds is 4. The first-order chi connectivity index (χ1) is 11.2. The van der Waals surface area contributed by atoms with Crippen LogP contribution in [0.3, 0.4) is 0 Å². The average Bonchev–Trinajstić information content (AvgIpc) is 2.79. The summed E-state index contributed by atoms with van der Waals surface area (Å²) in [5.74, 6) is -0.609. The Balaban J connectivity index is 2.39. The van der Waals surface area contributed by atoms with Crippen molar-refractivity contribution in [2.45, 2.75) is 13.8 Å². The highest BCUT2D eigenvalue weighted by Gasteiger charge is 2.23. The Morgan fingerprint density at radius 2 is 1.92 bits per heavy atom. The van der Waals surface area contributed by atoms with Gasteiger partial charge in [0.25, 0.3) is 5.91 Å². The highest BCUT2D eigenvalue weighted by atomic mass is 16.5. The van der Waals surface area contributed by atoms with E-state index in [9.17, 15) is 9.59 Å². The molecule has 9 heteroatoms. The smallest absolute Gasteiger partial charge is 0.358 e. The van der Waals surface area contributed by atoms with Gasteiger partial charge in [-0.05, 0) is 19.9 Å². The minimum absolute atomic E-state index is 0.168. The van der Waals surface area contributed by atoms with E-state index in [2.05, 4.69) is 20.4 Å². The van der Waals surface area contributed by atoms with E-state index in [4.69, 9.17) is 4.74 Å². The van der Waals surface area contributed by atoms with Gasteiger partial charge >= 0.3 is 5.97 Å². The van der Waals surface area contributed by atoms with Gasteiger partial charge in [-0.3, -0.25) is 9.48 Å². The van der Waals surface area contributed by atoms with Gasteiger partial charge in [0, 0.05) is 26.8 Å². The second-order valence-electron chi connectivity index (χ2n) is 5.47. The lowest BCUT2D eigenvalue weighted by atomic mass is 10.2. The molecule has 0 saturated heterocycles. The molecule has 0 unspecified atom stereocenters. The number of esters is 1. The van der Waals surface area contributed by atoms with Crippen LogP contribution in [0.25, 0.3) is 0 Å². The zero-order valence-corrected chi connectivity index (χ0v) is 14.5. The number of nitrogens with zero attached hydrogens (tertiary/aromatic N) is 5. The molecule has 0 spiro atoms. The fourth-order valence-electron chi connectivity index (χ4n) is 2.19. The number of aryl methyl sites for hydroxylation is 3. The van der Waals surface area contributed by atoms with Crippen molar-refractivity contribution in [3.8, 4) is 0 Å². The van der Waals surface area contributed by atoms with Crippen molar-refractivity contribution in [3.63, 3.8) is 0 Å². The van der Waals surface area contributed by atoms with E-state index >= 15 is 0 Å². The molecule has 1 amide bonds. The van der Waals surface area contributed by atoms with Gasteiger partial charge in [0.2, 0.25) is 5.95 Å². The maximum Gasteiger partial charge on any atom is 0.358 e. The van der Waals surface area contributed by atoms with Gasteiger partial charge in [0.15, 0.2) is 5.69 Å². The van der Waals surface area contributed by atoms with Crippen LogP contribution in [0.1, 0.15) is 32.4 Å². The average molecular weight is 332 g/mol. The molecule has 0 aliphatic rings. The summed E-state index contributed by atoms with van der Waals surface area (Å²) >= 11 is 0. The predicted octanol–water partition coefficient (Wildman–Crippen LogP) is 0.932. The molecule has 24 heavy (non-hydrogen) atoms. The van der Waals surface area contributed by atoms with E-state index < -0.39 is 11.9 Å². The van der Waals surface area contributed by atoms with Gasteiger partial charge in [-0.1, -0.05) is 0 Å². The Kier molecular flexibility index (Phi) is 4.82. The first-order valence-electron chi connectivity index (χ1n) is 7.20. The Hall–Kier alpha value is -2.97. The Bertz CT molecular complexity index is 797. The lowest BCUT2D eigenvalue weighted by Crippen LogP contribution is -2.20. The third-order valence-electron chi connectivity index (χ3n) is 3.31. The molecule has 0 radical (unpaired) electrons. The largest absolute Gasteiger partial charge is 0.464 e. The summed E-state index contributed by atoms with van der Waals surface area (Å²) in [4.78, 5) is 34.6. The van der Waals surface area contributed by atoms with Crippen LogP contribution in [0.15, 0.2) is 6.07 Å². The van der Waals surface area contributed by atoms with Crippen molar-refractivity contribution in [2.75, 3.05) is 31.4 Å². The minimum atomic E-state index is -0.582. The first-order valence-corrected chi connectivity index (χ1v) is 7.20. The van der Waals surface area contributed by atoms with Crippen LogP contribution in [0.5, 0.6) is 0 Å². The fourth-order valence-corrected chi connectivity index (χ4v) is 2.19. The summed E-state index contributed by atoms with van der Waals surface area (Å²) in [5.41, 5.74) is 1.84. The number of anilines is 2. The van der Waals surface area contributed by atoms with E-state index in [1.54, 1.807) is 46.0 Å². The quantitative estimate of drug-likeness (QED) is 0.831. The molecular weight excluding hydrogens is 312 g/mol. The van der Waals surface area contributed by atoms with Gasteiger partial charge in [-0.2, -0.15) is 5.10 Å². The zero-order valence-electron chi connectivity index (χ0n) is 14.5. The van der Waals surface area contributed by atoms with Crippen LogP contribution >= 0.6 is 0 Å². The molecule has 128 valence electrons. The van der Waals surface area contributed by atoms with E-state index in [-0.39, 0.29) is 11.4 Å². The lowest BCUT2D eigenvalue weighted by Gasteiger charge is -2.12. The van der Waals surface area contributed by atoms with E-state index in [0.29, 0.717) is 23.0 Å². The summed E-state index contributed by atoms with van der Waals surface area (Å²) < 4.78 is 6.11. The van der Waals surface area contributed by atoms with Gasteiger partial charge in [-0.15, -0.1) is 0 Å². The summed E-state index contributed by atoms with van der Waals surface area (Å²) in [7, 11) is 6.45. The van der Waals surface area contributed by atoms with Crippen molar-refractivity contribution < 1.29 is 14.3 Å². The van der Waals surface area contributed by atoms with Crippen LogP contribution in [-0.4, -0.2) is 52.8 Å². The summed E-state index contributed by atoms with van der Waals surface area (Å²) in [5, 5.41) is 6.84.